The number of para-hydroxylation sites is 2. The third kappa shape index (κ3) is 3.97. The van der Waals surface area contributed by atoms with Crippen LogP contribution in [0.2, 0.25) is 0 Å². The predicted octanol–water partition coefficient (Wildman–Crippen LogP) is 4.09. The number of amides is 1. The van der Waals surface area contributed by atoms with Gasteiger partial charge in [0.1, 0.15) is 6.04 Å². The molecule has 6 nitrogen and oxygen atoms in total. The molecule has 2 aromatic carbocycles. The number of carbonyl (C=O) groups excluding carboxylic acids is 2. The standard InChI is InChI=1S/C25H25N3O3/c1-16-13-21(17(2)28(16)19-9-5-4-6-10-19)24(29)27-23(25(30)31-3)14-18-15-26-22-12-8-7-11-20(18)22/h4-13,15,23,26H,14H2,1-3H3,(H,27,29)/t23-/m1/s1. The van der Waals surface area contributed by atoms with Gasteiger partial charge in [-0.15, -0.1) is 0 Å². The number of fused-ring (bicyclic) bond motifs is 1. The van der Waals surface area contributed by atoms with Crippen molar-refractivity contribution in [2.75, 3.05) is 7.11 Å². The lowest BCUT2D eigenvalue weighted by Gasteiger charge is -2.16. The number of hydrogen-bond acceptors (Lipinski definition) is 3. The minimum absolute atomic E-state index is 0.300. The second-order valence-electron chi connectivity index (χ2n) is 7.57. The molecule has 0 aliphatic carbocycles. The molecule has 0 fully saturated rings. The summed E-state index contributed by atoms with van der Waals surface area (Å²) in [7, 11) is 1.33. The van der Waals surface area contributed by atoms with Crippen LogP contribution >= 0.6 is 0 Å². The van der Waals surface area contributed by atoms with Gasteiger partial charge in [-0.25, -0.2) is 4.79 Å². The molecule has 6 heteroatoms. The maximum atomic E-state index is 13.1. The van der Waals surface area contributed by atoms with E-state index < -0.39 is 12.0 Å². The first kappa shape index (κ1) is 20.5. The molecule has 158 valence electrons. The van der Waals surface area contributed by atoms with E-state index in [2.05, 4.69) is 10.3 Å². The van der Waals surface area contributed by atoms with Gasteiger partial charge in [0.2, 0.25) is 0 Å². The molecule has 0 spiro atoms. The van der Waals surface area contributed by atoms with Crippen molar-refractivity contribution < 1.29 is 14.3 Å². The molecule has 0 radical (unpaired) electrons. The Morgan fingerprint density at radius 3 is 2.52 bits per heavy atom. The first-order valence-corrected chi connectivity index (χ1v) is 10.2. The number of ether oxygens (including phenoxy) is 1. The highest BCUT2D eigenvalue weighted by Crippen LogP contribution is 2.22. The SMILES string of the molecule is COC(=O)[C@@H](Cc1c[nH]c2ccccc12)NC(=O)c1cc(C)n(-c2ccccc2)c1C. The topological polar surface area (TPSA) is 76.1 Å². The van der Waals surface area contributed by atoms with Crippen molar-refractivity contribution in [1.29, 1.82) is 0 Å². The third-order valence-corrected chi connectivity index (χ3v) is 5.58. The van der Waals surface area contributed by atoms with Crippen LogP contribution in [0.1, 0.15) is 27.3 Å². The molecule has 0 saturated carbocycles. The number of benzene rings is 2. The quantitative estimate of drug-likeness (QED) is 0.466. The van der Waals surface area contributed by atoms with Crippen molar-refractivity contribution in [2.24, 2.45) is 0 Å². The van der Waals surface area contributed by atoms with Crippen molar-refractivity contribution in [3.05, 3.63) is 89.4 Å². The van der Waals surface area contributed by atoms with Crippen LogP contribution in [0, 0.1) is 13.8 Å². The summed E-state index contributed by atoms with van der Waals surface area (Å²) in [6, 6.07) is 18.8. The van der Waals surface area contributed by atoms with Crippen molar-refractivity contribution in [3.8, 4) is 5.69 Å². The lowest BCUT2D eigenvalue weighted by atomic mass is 10.0. The molecule has 2 N–H and O–H groups in total. The molecule has 0 aliphatic heterocycles. The Morgan fingerprint density at radius 2 is 1.77 bits per heavy atom. The average Bonchev–Trinajstić information content (AvgIpc) is 3.33. The molecular formula is C25H25N3O3. The maximum Gasteiger partial charge on any atom is 0.328 e. The number of esters is 1. The number of nitrogens with one attached hydrogen (secondary N) is 2. The first-order chi connectivity index (χ1) is 15.0. The van der Waals surface area contributed by atoms with E-state index >= 15 is 0 Å². The highest BCUT2D eigenvalue weighted by molar-refractivity contribution is 5.98. The summed E-state index contributed by atoms with van der Waals surface area (Å²) in [5.74, 6) is -0.777. The second kappa shape index (κ2) is 8.52. The predicted molar refractivity (Wildman–Crippen MR) is 121 cm³/mol. The minimum Gasteiger partial charge on any atom is -0.467 e. The van der Waals surface area contributed by atoms with Crippen LogP contribution in [-0.4, -0.2) is 34.6 Å². The van der Waals surface area contributed by atoms with Gasteiger partial charge in [0, 0.05) is 40.6 Å². The van der Waals surface area contributed by atoms with Gasteiger partial charge in [-0.3, -0.25) is 4.79 Å². The van der Waals surface area contributed by atoms with Crippen molar-refractivity contribution in [3.63, 3.8) is 0 Å². The fourth-order valence-corrected chi connectivity index (χ4v) is 4.06. The van der Waals surface area contributed by atoms with Crippen LogP contribution in [0.4, 0.5) is 0 Å². The van der Waals surface area contributed by atoms with Crippen LogP contribution in [-0.2, 0) is 16.0 Å². The summed E-state index contributed by atoms with van der Waals surface area (Å²) in [5.41, 5.74) is 5.21. The molecule has 4 rings (SSSR count). The zero-order valence-corrected chi connectivity index (χ0v) is 17.8. The van der Waals surface area contributed by atoms with Gasteiger partial charge in [0.15, 0.2) is 0 Å². The number of carbonyl (C=O) groups is 2. The molecule has 2 aromatic heterocycles. The maximum absolute atomic E-state index is 13.1. The van der Waals surface area contributed by atoms with E-state index in [9.17, 15) is 9.59 Å². The number of H-pyrrole nitrogens is 1. The molecule has 0 bridgehead atoms. The molecule has 1 atom stereocenters. The molecule has 0 aliphatic rings. The lowest BCUT2D eigenvalue weighted by Crippen LogP contribution is -2.43. The molecule has 0 unspecified atom stereocenters. The smallest absolute Gasteiger partial charge is 0.328 e. The lowest BCUT2D eigenvalue weighted by molar-refractivity contribution is -0.142. The Morgan fingerprint density at radius 1 is 1.06 bits per heavy atom. The molecule has 2 heterocycles. The Balaban J connectivity index is 1.61. The minimum atomic E-state index is -0.795. The van der Waals surface area contributed by atoms with Crippen molar-refractivity contribution in [1.82, 2.24) is 14.9 Å². The van der Waals surface area contributed by atoms with Crippen molar-refractivity contribution >= 4 is 22.8 Å². The number of rotatable bonds is 6. The van der Waals surface area contributed by atoms with E-state index in [-0.39, 0.29) is 5.91 Å². The van der Waals surface area contributed by atoms with E-state index in [1.165, 1.54) is 7.11 Å². The number of aryl methyl sites for hydroxylation is 1. The average molecular weight is 415 g/mol. The van der Waals surface area contributed by atoms with E-state index in [0.29, 0.717) is 12.0 Å². The summed E-state index contributed by atoms with van der Waals surface area (Å²) in [4.78, 5) is 28.8. The van der Waals surface area contributed by atoms with E-state index in [4.69, 9.17) is 4.74 Å². The molecule has 1 amide bonds. The van der Waals surface area contributed by atoms with Crippen LogP contribution in [0.15, 0.2) is 66.9 Å². The van der Waals surface area contributed by atoms with Crippen LogP contribution in [0.25, 0.3) is 16.6 Å². The van der Waals surface area contributed by atoms with Gasteiger partial charge in [0.05, 0.1) is 12.7 Å². The van der Waals surface area contributed by atoms with Crippen molar-refractivity contribution in [2.45, 2.75) is 26.3 Å². The highest BCUT2D eigenvalue weighted by atomic mass is 16.5. The second-order valence-corrected chi connectivity index (χ2v) is 7.57. The zero-order chi connectivity index (χ0) is 22.0. The summed E-state index contributed by atoms with van der Waals surface area (Å²) in [5, 5.41) is 3.90. The number of aromatic amines is 1. The fourth-order valence-electron chi connectivity index (χ4n) is 4.06. The normalized spacial score (nSPS) is 12.0. The van der Waals surface area contributed by atoms with Gasteiger partial charge in [-0.1, -0.05) is 36.4 Å². The van der Waals surface area contributed by atoms with Gasteiger partial charge in [-0.2, -0.15) is 0 Å². The van der Waals surface area contributed by atoms with Gasteiger partial charge >= 0.3 is 5.97 Å². The molecular weight excluding hydrogens is 390 g/mol. The highest BCUT2D eigenvalue weighted by Gasteiger charge is 2.26. The van der Waals surface area contributed by atoms with E-state index in [0.717, 1.165) is 33.5 Å². The number of methoxy groups -OCH3 is 1. The Labute approximate surface area is 180 Å². The fraction of sp³-hybridized carbons (Fsp3) is 0.200. The summed E-state index contributed by atoms with van der Waals surface area (Å²) in [6.07, 6.45) is 2.20. The van der Waals surface area contributed by atoms with E-state index in [1.807, 2.05) is 85.3 Å². The number of nitrogens with zero attached hydrogens (tertiary/aromatic N) is 1. The van der Waals surface area contributed by atoms with Gasteiger partial charge < -0.3 is 19.6 Å². The van der Waals surface area contributed by atoms with Gasteiger partial charge in [0.25, 0.3) is 5.91 Å². The zero-order valence-electron chi connectivity index (χ0n) is 17.8. The summed E-state index contributed by atoms with van der Waals surface area (Å²) in [6.45, 7) is 3.86. The molecule has 4 aromatic rings. The Bertz CT molecular complexity index is 1240. The first-order valence-electron chi connectivity index (χ1n) is 10.2. The number of aromatic nitrogens is 2. The third-order valence-electron chi connectivity index (χ3n) is 5.58. The van der Waals surface area contributed by atoms with Crippen LogP contribution in [0.5, 0.6) is 0 Å². The van der Waals surface area contributed by atoms with E-state index in [1.54, 1.807) is 0 Å². The Hall–Kier alpha value is -3.80. The van der Waals surface area contributed by atoms with Crippen LogP contribution < -0.4 is 5.32 Å². The summed E-state index contributed by atoms with van der Waals surface area (Å²) < 4.78 is 7.00. The summed E-state index contributed by atoms with van der Waals surface area (Å²) >= 11 is 0. The molecule has 31 heavy (non-hydrogen) atoms. The monoisotopic (exact) mass is 415 g/mol. The van der Waals surface area contributed by atoms with Crippen LogP contribution in [0.3, 0.4) is 0 Å². The Kier molecular flexibility index (Phi) is 5.62. The largest absolute Gasteiger partial charge is 0.467 e. The molecule has 0 saturated heterocycles. The number of hydrogen-bond donors (Lipinski definition) is 2. The van der Waals surface area contributed by atoms with Gasteiger partial charge in [-0.05, 0) is 43.7 Å².